The summed E-state index contributed by atoms with van der Waals surface area (Å²) in [4.78, 5) is 0. The fourth-order valence-corrected chi connectivity index (χ4v) is 7.78. The molecule has 0 spiro atoms. The van der Waals surface area contributed by atoms with Crippen LogP contribution in [0.25, 0.3) is 38.6 Å². The van der Waals surface area contributed by atoms with Gasteiger partial charge in [0.05, 0.1) is 23.4 Å². The summed E-state index contributed by atoms with van der Waals surface area (Å²) in [6.07, 6.45) is 9.07. The van der Waals surface area contributed by atoms with Crippen LogP contribution < -0.4 is 16.4 Å². The Kier molecular flexibility index (Phi) is 10.9. The molecule has 3 atom stereocenters. The van der Waals surface area contributed by atoms with E-state index in [4.69, 9.17) is 5.73 Å². The van der Waals surface area contributed by atoms with Gasteiger partial charge in [-0.3, -0.25) is 10.6 Å². The molecule has 1 aromatic heterocycles. The highest BCUT2D eigenvalue weighted by molar-refractivity contribution is 6.11. The second kappa shape index (κ2) is 16.1. The summed E-state index contributed by atoms with van der Waals surface area (Å²) in [6.45, 7) is 12.4. The van der Waals surface area contributed by atoms with Crippen LogP contribution in [0.4, 0.5) is 0 Å². The van der Waals surface area contributed by atoms with E-state index in [-0.39, 0.29) is 23.8 Å². The Balaban J connectivity index is 0.000000588. The SMILES string of the molecule is C=C/C=C\C=C/C.CC(NC(NC(N)c1ccccc1)c1ccccc1)c1ccc(-n2c3ccccc3c3cc4c(cc32)C(C)(C)c2ccccc2-4)cc1. The van der Waals surface area contributed by atoms with Crippen LogP contribution in [0, 0.1) is 0 Å². The van der Waals surface area contributed by atoms with Crippen LogP contribution in [0.3, 0.4) is 0 Å². The van der Waals surface area contributed by atoms with E-state index >= 15 is 0 Å². The summed E-state index contributed by atoms with van der Waals surface area (Å²) in [6, 6.07) is 52.2. The van der Waals surface area contributed by atoms with Crippen molar-refractivity contribution in [1.82, 2.24) is 15.2 Å². The molecule has 0 bridgehead atoms. The molecular weight excluding hydrogens is 657 g/mol. The molecule has 4 heteroatoms. The third-order valence-corrected chi connectivity index (χ3v) is 10.6. The number of nitrogens with one attached hydrogen (secondary N) is 2. The zero-order chi connectivity index (χ0) is 37.7. The van der Waals surface area contributed by atoms with Crippen molar-refractivity contribution in [3.05, 3.63) is 210 Å². The quantitative estimate of drug-likeness (QED) is 0.0980. The second-order valence-electron chi connectivity index (χ2n) is 14.5. The largest absolute Gasteiger partial charge is 0.312 e. The van der Waals surface area contributed by atoms with Crippen molar-refractivity contribution in [3.8, 4) is 16.8 Å². The molecule has 1 aliphatic carbocycles. The molecule has 1 heterocycles. The Bertz CT molecular complexity index is 2420. The van der Waals surface area contributed by atoms with Gasteiger partial charge < -0.3 is 10.3 Å². The van der Waals surface area contributed by atoms with Crippen molar-refractivity contribution in [3.63, 3.8) is 0 Å². The number of rotatable bonds is 10. The highest BCUT2D eigenvalue weighted by atomic mass is 15.2. The Morgan fingerprint density at radius 1 is 0.611 bits per heavy atom. The van der Waals surface area contributed by atoms with Crippen LogP contribution in [0.15, 0.2) is 183 Å². The summed E-state index contributed by atoms with van der Waals surface area (Å²) in [5.41, 5.74) is 19.1. The lowest BCUT2D eigenvalue weighted by atomic mass is 9.82. The van der Waals surface area contributed by atoms with Crippen molar-refractivity contribution < 1.29 is 0 Å². The van der Waals surface area contributed by atoms with E-state index in [9.17, 15) is 0 Å². The predicted octanol–water partition coefficient (Wildman–Crippen LogP) is 12.0. The van der Waals surface area contributed by atoms with Crippen LogP contribution in [0.1, 0.15) is 73.9 Å². The number of allylic oxidation sites excluding steroid dienone is 5. The minimum atomic E-state index is -0.307. The van der Waals surface area contributed by atoms with Crippen LogP contribution in [0.5, 0.6) is 0 Å². The summed E-state index contributed by atoms with van der Waals surface area (Å²) in [7, 11) is 0. The fourth-order valence-electron chi connectivity index (χ4n) is 7.78. The van der Waals surface area contributed by atoms with E-state index < -0.39 is 0 Å². The number of hydrogen-bond acceptors (Lipinski definition) is 3. The lowest BCUT2D eigenvalue weighted by Gasteiger charge is -2.28. The van der Waals surface area contributed by atoms with Gasteiger partial charge in [0.25, 0.3) is 0 Å². The van der Waals surface area contributed by atoms with Gasteiger partial charge in [-0.1, -0.05) is 166 Å². The standard InChI is InChI=1S/C43H40N4.C7H10/c1-28(45-42(31-16-8-5-9-17-31)46-41(44)30-14-6-4-7-15-30)29-22-24-32(25-23-29)47-39-21-13-11-19-34(39)36-26-35-33-18-10-12-20-37(33)43(2,3)38(35)27-40(36)47;1-3-5-7-6-4-2/h4-28,41-42,45-46H,44H2,1-3H3;3-7H,1H2,2H3/b;6-4-,7-5-. The summed E-state index contributed by atoms with van der Waals surface area (Å²) in [5.74, 6) is 0. The van der Waals surface area contributed by atoms with Crippen LogP contribution in [0.2, 0.25) is 0 Å². The maximum atomic E-state index is 6.63. The van der Waals surface area contributed by atoms with Crippen molar-refractivity contribution in [2.75, 3.05) is 0 Å². The molecule has 0 aliphatic heterocycles. The molecule has 3 unspecified atom stereocenters. The van der Waals surface area contributed by atoms with E-state index in [0.29, 0.717) is 0 Å². The number of aromatic nitrogens is 1. The van der Waals surface area contributed by atoms with E-state index in [1.54, 1.807) is 6.08 Å². The topological polar surface area (TPSA) is 55.0 Å². The third-order valence-electron chi connectivity index (χ3n) is 10.6. The van der Waals surface area contributed by atoms with Crippen molar-refractivity contribution in [1.29, 1.82) is 0 Å². The Hall–Kier alpha value is -5.78. The number of nitrogens with two attached hydrogens (primary N) is 1. The number of fused-ring (bicyclic) bond motifs is 6. The average molecular weight is 707 g/mol. The molecule has 8 rings (SSSR count). The minimum Gasteiger partial charge on any atom is -0.312 e. The zero-order valence-corrected chi connectivity index (χ0v) is 31.7. The predicted molar refractivity (Wildman–Crippen MR) is 230 cm³/mol. The van der Waals surface area contributed by atoms with Gasteiger partial charge in [0.1, 0.15) is 0 Å². The smallest absolute Gasteiger partial charge is 0.0854 e. The summed E-state index contributed by atoms with van der Waals surface area (Å²) < 4.78 is 2.43. The number of benzene rings is 6. The number of nitrogens with zero attached hydrogens (tertiary/aromatic N) is 1. The molecule has 0 fully saturated rings. The van der Waals surface area contributed by atoms with Gasteiger partial charge in [-0.05, 0) is 83.1 Å². The molecule has 4 nitrogen and oxygen atoms in total. The van der Waals surface area contributed by atoms with Gasteiger partial charge in [-0.25, -0.2) is 0 Å². The first kappa shape index (κ1) is 36.6. The number of para-hydroxylation sites is 1. The molecule has 1 aliphatic rings. The van der Waals surface area contributed by atoms with Gasteiger partial charge in [0.15, 0.2) is 0 Å². The van der Waals surface area contributed by atoms with Crippen LogP contribution in [-0.2, 0) is 5.41 Å². The van der Waals surface area contributed by atoms with E-state index in [1.807, 2.05) is 55.5 Å². The normalized spacial score (nSPS) is 14.8. The number of hydrogen-bond donors (Lipinski definition) is 3. The van der Waals surface area contributed by atoms with Gasteiger partial charge in [0.2, 0.25) is 0 Å². The summed E-state index contributed by atoms with van der Waals surface area (Å²) in [5, 5.41) is 10.00. The van der Waals surface area contributed by atoms with E-state index in [1.165, 1.54) is 49.6 Å². The molecular formula is C50H50N4. The van der Waals surface area contributed by atoms with Crippen molar-refractivity contribution >= 4 is 21.8 Å². The molecule has 0 saturated carbocycles. The van der Waals surface area contributed by atoms with Gasteiger partial charge in [0, 0.05) is 27.9 Å². The lowest BCUT2D eigenvalue weighted by Crippen LogP contribution is -2.40. The molecule has 0 saturated heterocycles. The summed E-state index contributed by atoms with van der Waals surface area (Å²) >= 11 is 0. The maximum Gasteiger partial charge on any atom is 0.0854 e. The Morgan fingerprint density at radius 3 is 1.96 bits per heavy atom. The highest BCUT2D eigenvalue weighted by Gasteiger charge is 2.36. The first-order valence-corrected chi connectivity index (χ1v) is 18.9. The first-order chi connectivity index (χ1) is 26.3. The molecule has 270 valence electrons. The molecule has 0 radical (unpaired) electrons. The third kappa shape index (κ3) is 7.24. The molecule has 7 aromatic rings. The molecule has 54 heavy (non-hydrogen) atoms. The lowest BCUT2D eigenvalue weighted by molar-refractivity contribution is 0.356. The first-order valence-electron chi connectivity index (χ1n) is 18.9. The minimum absolute atomic E-state index is 0.0568. The fraction of sp³-hybridized carbons (Fsp3) is 0.160. The Morgan fingerprint density at radius 2 is 1.26 bits per heavy atom. The maximum absolute atomic E-state index is 6.63. The van der Waals surface area contributed by atoms with Gasteiger partial charge in [-0.2, -0.15) is 0 Å². The molecule has 4 N–H and O–H groups in total. The van der Waals surface area contributed by atoms with Crippen LogP contribution in [-0.4, -0.2) is 4.57 Å². The Labute approximate surface area is 320 Å². The van der Waals surface area contributed by atoms with Crippen molar-refractivity contribution in [2.45, 2.75) is 51.5 Å². The molecule has 6 aromatic carbocycles. The molecule has 0 amide bonds. The zero-order valence-electron chi connectivity index (χ0n) is 31.7. The average Bonchev–Trinajstić information content (AvgIpc) is 3.65. The van der Waals surface area contributed by atoms with Crippen molar-refractivity contribution in [2.24, 2.45) is 5.73 Å². The van der Waals surface area contributed by atoms with E-state index in [0.717, 1.165) is 16.8 Å². The second-order valence-corrected chi connectivity index (χ2v) is 14.5. The van der Waals surface area contributed by atoms with Gasteiger partial charge >= 0.3 is 0 Å². The van der Waals surface area contributed by atoms with Gasteiger partial charge in [-0.15, -0.1) is 0 Å². The monoisotopic (exact) mass is 706 g/mol. The van der Waals surface area contributed by atoms with Crippen LogP contribution >= 0.6 is 0 Å². The van der Waals surface area contributed by atoms with E-state index in [2.05, 4.69) is 164 Å². The highest BCUT2D eigenvalue weighted by Crippen LogP contribution is 2.50.